The summed E-state index contributed by atoms with van der Waals surface area (Å²) < 4.78 is 9.08. The number of aromatic nitrogens is 3. The molecular formula is C21H22Cl3N5O2. The summed E-state index contributed by atoms with van der Waals surface area (Å²) in [5.41, 5.74) is 6.83. The Bertz CT molecular complexity index is 1080. The number of alkyl halides is 3. The number of fused-ring (bicyclic) bond motifs is 1. The molecule has 0 spiro atoms. The van der Waals surface area contributed by atoms with Gasteiger partial charge in [-0.1, -0.05) is 59.1 Å². The van der Waals surface area contributed by atoms with Gasteiger partial charge in [-0.3, -0.25) is 0 Å². The van der Waals surface area contributed by atoms with Gasteiger partial charge in [0.25, 0.3) is 0 Å². The molecule has 0 saturated carbocycles. The molecule has 2 heterocycles. The van der Waals surface area contributed by atoms with Crippen LogP contribution in [0.4, 0.5) is 5.95 Å². The molecule has 4 rings (SSSR count). The van der Waals surface area contributed by atoms with E-state index in [0.717, 1.165) is 34.9 Å². The summed E-state index contributed by atoms with van der Waals surface area (Å²) in [7, 11) is 1.63. The SMILES string of the molecule is COc1ccc(-c2nc(NCC3(N)CCOCC3)nc(C(Cl)(Cl)Cl)n2)c2ccccc12. The number of nitrogens with zero attached hydrogens (tertiary/aromatic N) is 3. The van der Waals surface area contributed by atoms with Crippen molar-refractivity contribution in [2.45, 2.75) is 22.2 Å². The predicted octanol–water partition coefficient (Wildman–Crippen LogP) is 4.45. The number of hydrogen-bond donors (Lipinski definition) is 2. The molecule has 1 aliphatic heterocycles. The van der Waals surface area contributed by atoms with Crippen molar-refractivity contribution < 1.29 is 9.47 Å². The van der Waals surface area contributed by atoms with Crippen molar-refractivity contribution in [2.75, 3.05) is 32.2 Å². The number of methoxy groups -OCH3 is 1. The molecule has 1 aromatic heterocycles. The second-order valence-corrected chi connectivity index (χ2v) is 9.77. The Morgan fingerprint density at radius 2 is 1.77 bits per heavy atom. The molecule has 0 unspecified atom stereocenters. The third-order valence-electron chi connectivity index (χ3n) is 5.32. The van der Waals surface area contributed by atoms with E-state index >= 15 is 0 Å². The van der Waals surface area contributed by atoms with E-state index < -0.39 is 9.33 Å². The molecule has 1 saturated heterocycles. The fourth-order valence-electron chi connectivity index (χ4n) is 3.56. The van der Waals surface area contributed by atoms with Gasteiger partial charge in [0.2, 0.25) is 9.74 Å². The van der Waals surface area contributed by atoms with E-state index in [1.54, 1.807) is 7.11 Å². The average Bonchev–Trinajstić information content (AvgIpc) is 2.77. The lowest BCUT2D eigenvalue weighted by atomic mass is 9.91. The number of benzene rings is 2. The van der Waals surface area contributed by atoms with Crippen LogP contribution in [0.2, 0.25) is 0 Å². The number of halogens is 3. The highest BCUT2D eigenvalue weighted by atomic mass is 35.6. The van der Waals surface area contributed by atoms with Gasteiger partial charge in [0, 0.05) is 36.2 Å². The molecule has 0 radical (unpaired) electrons. The summed E-state index contributed by atoms with van der Waals surface area (Å²) in [6, 6.07) is 11.6. The molecule has 0 bridgehead atoms. The zero-order valence-corrected chi connectivity index (χ0v) is 19.1. The molecule has 164 valence electrons. The van der Waals surface area contributed by atoms with Crippen LogP contribution in [0.5, 0.6) is 5.75 Å². The highest BCUT2D eigenvalue weighted by Gasteiger charge is 2.31. The van der Waals surface area contributed by atoms with Crippen molar-refractivity contribution in [3.63, 3.8) is 0 Å². The van der Waals surface area contributed by atoms with Gasteiger partial charge >= 0.3 is 0 Å². The Balaban J connectivity index is 1.76. The van der Waals surface area contributed by atoms with Crippen molar-refractivity contribution in [3.05, 3.63) is 42.2 Å². The van der Waals surface area contributed by atoms with E-state index in [0.29, 0.717) is 31.5 Å². The van der Waals surface area contributed by atoms with Crippen LogP contribution in [0, 0.1) is 0 Å². The van der Waals surface area contributed by atoms with Crippen molar-refractivity contribution in [3.8, 4) is 17.1 Å². The molecule has 3 N–H and O–H groups in total. The van der Waals surface area contributed by atoms with Gasteiger partial charge in [-0.05, 0) is 30.4 Å². The lowest BCUT2D eigenvalue weighted by molar-refractivity contribution is 0.0574. The Kier molecular flexibility index (Phi) is 6.42. The molecule has 1 fully saturated rings. The van der Waals surface area contributed by atoms with Crippen LogP contribution in [0.3, 0.4) is 0 Å². The average molecular weight is 483 g/mol. The molecular weight excluding hydrogens is 461 g/mol. The van der Waals surface area contributed by atoms with Gasteiger partial charge in [0.05, 0.1) is 7.11 Å². The molecule has 3 aromatic rings. The molecule has 10 heteroatoms. The van der Waals surface area contributed by atoms with Crippen LogP contribution < -0.4 is 15.8 Å². The highest BCUT2D eigenvalue weighted by molar-refractivity contribution is 6.66. The summed E-state index contributed by atoms with van der Waals surface area (Å²) in [4.78, 5) is 13.4. The standard InChI is InChI=1S/C21H22Cl3N5O2/c1-30-16-7-6-15(13-4-2-3-5-14(13)16)17-27-18(21(22,23)24)29-19(28-17)26-12-20(25)8-10-31-11-9-20/h2-7H,8-12,25H2,1H3,(H,26,27,28,29). The Hall–Kier alpha value is -1.90. The number of nitrogens with one attached hydrogen (secondary N) is 1. The molecule has 0 atom stereocenters. The third-order valence-corrected chi connectivity index (χ3v) is 5.83. The van der Waals surface area contributed by atoms with E-state index in [9.17, 15) is 0 Å². The van der Waals surface area contributed by atoms with Gasteiger partial charge in [0.15, 0.2) is 11.6 Å². The monoisotopic (exact) mass is 481 g/mol. The maximum atomic E-state index is 6.48. The summed E-state index contributed by atoms with van der Waals surface area (Å²) in [5, 5.41) is 5.04. The fraction of sp³-hybridized carbons (Fsp3) is 0.381. The van der Waals surface area contributed by atoms with Gasteiger partial charge in [-0.25, -0.2) is 4.98 Å². The van der Waals surface area contributed by atoms with Gasteiger partial charge in [-0.15, -0.1) is 0 Å². The van der Waals surface area contributed by atoms with E-state index in [-0.39, 0.29) is 5.82 Å². The molecule has 0 aliphatic carbocycles. The zero-order valence-electron chi connectivity index (χ0n) is 16.9. The highest BCUT2D eigenvalue weighted by Crippen LogP contribution is 2.38. The van der Waals surface area contributed by atoms with Gasteiger partial charge in [0.1, 0.15) is 5.75 Å². The Morgan fingerprint density at radius 3 is 2.45 bits per heavy atom. The zero-order chi connectivity index (χ0) is 22.1. The number of nitrogens with two attached hydrogens (primary N) is 1. The predicted molar refractivity (Wildman–Crippen MR) is 124 cm³/mol. The van der Waals surface area contributed by atoms with Gasteiger partial charge < -0.3 is 20.5 Å². The first kappa shape index (κ1) is 22.3. The fourth-order valence-corrected chi connectivity index (χ4v) is 3.81. The maximum absolute atomic E-state index is 6.48. The molecule has 2 aromatic carbocycles. The van der Waals surface area contributed by atoms with Crippen molar-refractivity contribution >= 4 is 51.5 Å². The largest absolute Gasteiger partial charge is 0.496 e. The molecule has 31 heavy (non-hydrogen) atoms. The van der Waals surface area contributed by atoms with Crippen molar-refractivity contribution in [1.29, 1.82) is 0 Å². The Morgan fingerprint density at radius 1 is 1.06 bits per heavy atom. The third kappa shape index (κ3) is 4.96. The first-order valence-corrected chi connectivity index (χ1v) is 10.9. The summed E-state index contributed by atoms with van der Waals surface area (Å²) in [5.74, 6) is 1.46. The second-order valence-electron chi connectivity index (χ2n) is 7.49. The van der Waals surface area contributed by atoms with E-state index in [2.05, 4.69) is 20.3 Å². The van der Waals surface area contributed by atoms with Crippen LogP contribution in [0.1, 0.15) is 18.7 Å². The van der Waals surface area contributed by atoms with Crippen LogP contribution in [-0.4, -0.2) is 47.4 Å². The number of rotatable bonds is 5. The lowest BCUT2D eigenvalue weighted by Crippen LogP contribution is -2.50. The first-order valence-electron chi connectivity index (χ1n) is 9.79. The lowest BCUT2D eigenvalue weighted by Gasteiger charge is -2.33. The quantitative estimate of drug-likeness (QED) is 0.519. The molecule has 0 amide bonds. The molecule has 7 nitrogen and oxygen atoms in total. The van der Waals surface area contributed by atoms with Crippen LogP contribution in [0.25, 0.3) is 22.2 Å². The summed E-state index contributed by atoms with van der Waals surface area (Å²) in [6.45, 7) is 1.71. The second kappa shape index (κ2) is 8.92. The van der Waals surface area contributed by atoms with Crippen LogP contribution in [0.15, 0.2) is 36.4 Å². The topological polar surface area (TPSA) is 95.2 Å². The number of ether oxygens (including phenoxy) is 2. The summed E-state index contributed by atoms with van der Waals surface area (Å²) >= 11 is 18.4. The van der Waals surface area contributed by atoms with Crippen molar-refractivity contribution in [1.82, 2.24) is 15.0 Å². The molecule has 1 aliphatic rings. The first-order chi connectivity index (χ1) is 14.8. The van der Waals surface area contributed by atoms with Crippen molar-refractivity contribution in [2.24, 2.45) is 5.73 Å². The van der Waals surface area contributed by atoms with Crippen LogP contribution in [-0.2, 0) is 8.53 Å². The van der Waals surface area contributed by atoms with E-state index in [1.807, 2.05) is 36.4 Å². The smallest absolute Gasteiger partial charge is 0.250 e. The van der Waals surface area contributed by atoms with E-state index in [1.165, 1.54) is 0 Å². The van der Waals surface area contributed by atoms with Gasteiger partial charge in [-0.2, -0.15) is 9.97 Å². The number of hydrogen-bond acceptors (Lipinski definition) is 7. The summed E-state index contributed by atoms with van der Waals surface area (Å²) in [6.07, 6.45) is 1.47. The maximum Gasteiger partial charge on any atom is 0.250 e. The Labute approximate surface area is 195 Å². The minimum absolute atomic E-state index is 0.0305. The van der Waals surface area contributed by atoms with E-state index in [4.69, 9.17) is 50.0 Å². The van der Waals surface area contributed by atoms with Crippen LogP contribution >= 0.6 is 34.8 Å². The number of anilines is 1. The minimum Gasteiger partial charge on any atom is -0.496 e. The minimum atomic E-state index is -1.81. The normalized spacial score (nSPS) is 16.3.